The van der Waals surface area contributed by atoms with E-state index in [1.165, 1.54) is 0 Å². The van der Waals surface area contributed by atoms with Crippen LogP contribution in [-0.2, 0) is 0 Å². The zero-order valence-corrected chi connectivity index (χ0v) is 12.3. The number of aromatic nitrogens is 3. The Kier molecular flexibility index (Phi) is 3.16. The van der Waals surface area contributed by atoms with Crippen LogP contribution in [-0.4, -0.2) is 15.0 Å². The van der Waals surface area contributed by atoms with Gasteiger partial charge in [-0.1, -0.05) is 30.3 Å². The summed E-state index contributed by atoms with van der Waals surface area (Å²) in [5.41, 5.74) is 9.76. The number of nitrogen functional groups attached to an aromatic ring is 1. The van der Waals surface area contributed by atoms with E-state index in [1.807, 2.05) is 60.8 Å². The van der Waals surface area contributed by atoms with E-state index in [9.17, 15) is 0 Å². The fraction of sp³-hybridized carbons (Fsp3) is 0. The molecule has 2 heterocycles. The number of fused-ring (bicyclic) bond motifs is 1. The number of anilines is 3. The number of nitrogens with zero attached hydrogens (tertiary/aromatic N) is 2. The van der Waals surface area contributed by atoms with E-state index in [0.717, 1.165) is 27.8 Å². The minimum absolute atomic E-state index is 0.374. The van der Waals surface area contributed by atoms with Gasteiger partial charge in [0.05, 0.1) is 11.9 Å². The lowest BCUT2D eigenvalue weighted by molar-refractivity contribution is 1.21. The number of nitrogens with one attached hydrogen (secondary N) is 2. The molecule has 23 heavy (non-hydrogen) atoms. The minimum atomic E-state index is 0.374. The van der Waals surface area contributed by atoms with Crippen molar-refractivity contribution in [3.63, 3.8) is 0 Å². The number of hydrogen-bond donors (Lipinski definition) is 3. The van der Waals surface area contributed by atoms with Gasteiger partial charge >= 0.3 is 0 Å². The van der Waals surface area contributed by atoms with Crippen molar-refractivity contribution in [1.82, 2.24) is 15.0 Å². The second kappa shape index (κ2) is 5.46. The van der Waals surface area contributed by atoms with Crippen molar-refractivity contribution in [2.75, 3.05) is 11.1 Å². The van der Waals surface area contributed by atoms with E-state index < -0.39 is 0 Å². The van der Waals surface area contributed by atoms with Gasteiger partial charge in [-0.2, -0.15) is 0 Å². The third-order valence-corrected chi connectivity index (χ3v) is 3.69. The number of aromatic amines is 1. The van der Waals surface area contributed by atoms with Crippen LogP contribution in [0.2, 0.25) is 0 Å². The Hall–Kier alpha value is -3.34. The molecule has 2 aromatic heterocycles. The van der Waals surface area contributed by atoms with Gasteiger partial charge in [0.1, 0.15) is 0 Å². The molecule has 0 saturated heterocycles. The first kappa shape index (κ1) is 13.3. The Balaban J connectivity index is 1.70. The SMILES string of the molecule is Nc1ncc(-c2ccccc2)nc1Nc1ccc2[nH]ccc2c1. The van der Waals surface area contributed by atoms with Crippen LogP contribution in [0, 0.1) is 0 Å². The van der Waals surface area contributed by atoms with Crippen LogP contribution in [0.4, 0.5) is 17.3 Å². The maximum Gasteiger partial charge on any atom is 0.173 e. The van der Waals surface area contributed by atoms with Crippen molar-refractivity contribution < 1.29 is 0 Å². The second-order valence-electron chi connectivity index (χ2n) is 5.26. The summed E-state index contributed by atoms with van der Waals surface area (Å²) < 4.78 is 0. The van der Waals surface area contributed by atoms with Gasteiger partial charge in [0.2, 0.25) is 0 Å². The molecule has 0 unspecified atom stereocenters. The molecule has 0 aliphatic carbocycles. The van der Waals surface area contributed by atoms with E-state index in [2.05, 4.69) is 20.3 Å². The fourth-order valence-corrected chi connectivity index (χ4v) is 2.51. The zero-order chi connectivity index (χ0) is 15.6. The number of benzene rings is 2. The van der Waals surface area contributed by atoms with Crippen LogP contribution in [0.5, 0.6) is 0 Å². The molecule has 0 amide bonds. The summed E-state index contributed by atoms with van der Waals surface area (Å²) in [4.78, 5) is 12.0. The summed E-state index contributed by atoms with van der Waals surface area (Å²) in [6.07, 6.45) is 3.60. The molecule has 0 spiro atoms. The minimum Gasteiger partial charge on any atom is -0.381 e. The van der Waals surface area contributed by atoms with E-state index in [0.29, 0.717) is 11.6 Å². The highest BCUT2D eigenvalue weighted by Crippen LogP contribution is 2.25. The molecule has 0 radical (unpaired) electrons. The van der Waals surface area contributed by atoms with E-state index in [-0.39, 0.29) is 0 Å². The van der Waals surface area contributed by atoms with Gasteiger partial charge < -0.3 is 16.0 Å². The van der Waals surface area contributed by atoms with Crippen molar-refractivity contribution in [3.05, 3.63) is 67.0 Å². The first-order chi connectivity index (χ1) is 11.3. The highest BCUT2D eigenvalue weighted by Gasteiger charge is 2.07. The largest absolute Gasteiger partial charge is 0.381 e. The predicted octanol–water partition coefficient (Wildman–Crippen LogP) is 3.95. The first-order valence-electron chi connectivity index (χ1n) is 7.32. The van der Waals surface area contributed by atoms with Crippen molar-refractivity contribution in [3.8, 4) is 11.3 Å². The van der Waals surface area contributed by atoms with E-state index in [1.54, 1.807) is 6.20 Å². The molecular weight excluding hydrogens is 286 g/mol. The quantitative estimate of drug-likeness (QED) is 0.535. The van der Waals surface area contributed by atoms with Crippen LogP contribution in [0.3, 0.4) is 0 Å². The van der Waals surface area contributed by atoms with Gasteiger partial charge in [0.15, 0.2) is 11.6 Å². The lowest BCUT2D eigenvalue weighted by atomic mass is 10.2. The van der Waals surface area contributed by atoms with Gasteiger partial charge in [-0.15, -0.1) is 0 Å². The molecule has 0 bridgehead atoms. The summed E-state index contributed by atoms with van der Waals surface area (Å²) in [5, 5.41) is 4.38. The van der Waals surface area contributed by atoms with Crippen molar-refractivity contribution in [1.29, 1.82) is 0 Å². The molecule has 0 fully saturated rings. The van der Waals surface area contributed by atoms with Crippen LogP contribution >= 0.6 is 0 Å². The van der Waals surface area contributed by atoms with Gasteiger partial charge in [-0.25, -0.2) is 9.97 Å². The van der Waals surface area contributed by atoms with Gasteiger partial charge in [0, 0.05) is 28.4 Å². The highest BCUT2D eigenvalue weighted by atomic mass is 15.1. The topological polar surface area (TPSA) is 79.6 Å². The second-order valence-corrected chi connectivity index (χ2v) is 5.26. The molecule has 0 aliphatic heterocycles. The monoisotopic (exact) mass is 301 g/mol. The molecule has 4 aromatic rings. The average Bonchev–Trinajstić information content (AvgIpc) is 3.05. The van der Waals surface area contributed by atoms with Crippen molar-refractivity contribution >= 4 is 28.2 Å². The summed E-state index contributed by atoms with van der Waals surface area (Å²) in [6, 6.07) is 18.0. The van der Waals surface area contributed by atoms with Crippen molar-refractivity contribution in [2.24, 2.45) is 0 Å². The number of H-pyrrole nitrogens is 1. The Morgan fingerprint density at radius 2 is 1.87 bits per heavy atom. The Morgan fingerprint density at radius 1 is 1.00 bits per heavy atom. The molecule has 5 heteroatoms. The van der Waals surface area contributed by atoms with E-state index >= 15 is 0 Å². The molecular formula is C18H15N5. The summed E-state index contributed by atoms with van der Waals surface area (Å²) in [6.45, 7) is 0. The lowest BCUT2D eigenvalue weighted by Gasteiger charge is -2.10. The lowest BCUT2D eigenvalue weighted by Crippen LogP contribution is -2.02. The highest BCUT2D eigenvalue weighted by molar-refractivity contribution is 5.84. The standard InChI is InChI=1S/C18H15N5/c19-17-18(22-14-6-7-15-13(10-14)8-9-20-15)23-16(11-21-17)12-4-2-1-3-5-12/h1-11,20H,(H2,19,21)(H,22,23). The van der Waals surface area contributed by atoms with Crippen LogP contribution in [0.25, 0.3) is 22.2 Å². The van der Waals surface area contributed by atoms with E-state index in [4.69, 9.17) is 5.73 Å². The Bertz CT molecular complexity index is 959. The molecule has 0 atom stereocenters. The molecule has 4 N–H and O–H groups in total. The van der Waals surface area contributed by atoms with Gasteiger partial charge in [-0.3, -0.25) is 0 Å². The number of nitrogens with two attached hydrogens (primary N) is 1. The molecule has 5 nitrogen and oxygen atoms in total. The third-order valence-electron chi connectivity index (χ3n) is 3.69. The smallest absolute Gasteiger partial charge is 0.173 e. The molecule has 0 saturated carbocycles. The van der Waals surface area contributed by atoms with Crippen LogP contribution in [0.15, 0.2) is 67.0 Å². The molecule has 2 aromatic carbocycles. The summed E-state index contributed by atoms with van der Waals surface area (Å²) in [5.74, 6) is 0.931. The molecule has 0 aliphatic rings. The Labute approximate surface area is 133 Å². The normalized spacial score (nSPS) is 10.8. The van der Waals surface area contributed by atoms with Crippen molar-refractivity contribution in [2.45, 2.75) is 0 Å². The maximum absolute atomic E-state index is 5.97. The zero-order valence-electron chi connectivity index (χ0n) is 12.3. The predicted molar refractivity (Wildman–Crippen MR) is 93.5 cm³/mol. The average molecular weight is 301 g/mol. The first-order valence-corrected chi connectivity index (χ1v) is 7.32. The molecule has 112 valence electrons. The van der Waals surface area contributed by atoms with Crippen LogP contribution < -0.4 is 11.1 Å². The number of rotatable bonds is 3. The maximum atomic E-state index is 5.97. The summed E-state index contributed by atoms with van der Waals surface area (Å²) in [7, 11) is 0. The third kappa shape index (κ3) is 2.60. The number of hydrogen-bond acceptors (Lipinski definition) is 4. The van der Waals surface area contributed by atoms with Crippen LogP contribution in [0.1, 0.15) is 0 Å². The Morgan fingerprint density at radius 3 is 2.74 bits per heavy atom. The van der Waals surface area contributed by atoms with Gasteiger partial charge in [0.25, 0.3) is 0 Å². The van der Waals surface area contributed by atoms with Gasteiger partial charge in [-0.05, 0) is 24.3 Å². The fourth-order valence-electron chi connectivity index (χ4n) is 2.51. The summed E-state index contributed by atoms with van der Waals surface area (Å²) >= 11 is 0. The molecule has 4 rings (SSSR count).